The number of pyridine rings is 1. The number of amides is 1. The van der Waals surface area contributed by atoms with Crippen LogP contribution in [0.15, 0.2) is 65.8 Å². The van der Waals surface area contributed by atoms with Crippen LogP contribution in [-0.2, 0) is 4.79 Å². The number of fused-ring (bicyclic) bond motifs is 3. The van der Waals surface area contributed by atoms with Gasteiger partial charge in [-0.15, -0.1) is 10.2 Å². The number of nitrogens with zero attached hydrogens (tertiary/aromatic N) is 3. The summed E-state index contributed by atoms with van der Waals surface area (Å²) < 4.78 is 7.52. The highest BCUT2D eigenvalue weighted by Crippen LogP contribution is 2.26. The SMILES string of the molecule is CCOc1ccccc1NC(=O)CSc1nnc2ccc3ccccc3n12. The van der Waals surface area contributed by atoms with E-state index in [2.05, 4.69) is 15.5 Å². The van der Waals surface area contributed by atoms with Crippen molar-refractivity contribution in [3.8, 4) is 5.75 Å². The molecule has 0 fully saturated rings. The minimum Gasteiger partial charge on any atom is -0.492 e. The van der Waals surface area contributed by atoms with Gasteiger partial charge >= 0.3 is 0 Å². The molecule has 0 aliphatic rings. The number of benzene rings is 2. The van der Waals surface area contributed by atoms with E-state index in [9.17, 15) is 4.79 Å². The molecule has 4 rings (SSSR count). The van der Waals surface area contributed by atoms with Crippen molar-refractivity contribution >= 4 is 39.9 Å². The smallest absolute Gasteiger partial charge is 0.234 e. The van der Waals surface area contributed by atoms with E-state index in [1.54, 1.807) is 0 Å². The molecule has 0 radical (unpaired) electrons. The van der Waals surface area contributed by atoms with Gasteiger partial charge < -0.3 is 10.1 Å². The Morgan fingerprint density at radius 2 is 1.89 bits per heavy atom. The lowest BCUT2D eigenvalue weighted by molar-refractivity contribution is -0.113. The zero-order valence-electron chi connectivity index (χ0n) is 14.8. The molecular weight excluding hydrogens is 360 g/mol. The molecule has 0 atom stereocenters. The number of nitrogens with one attached hydrogen (secondary N) is 1. The van der Waals surface area contributed by atoms with Crippen LogP contribution in [-0.4, -0.2) is 32.9 Å². The zero-order chi connectivity index (χ0) is 18.6. The Hall–Kier alpha value is -3.06. The molecule has 1 amide bonds. The van der Waals surface area contributed by atoms with E-state index in [1.165, 1.54) is 11.8 Å². The second kappa shape index (κ2) is 7.67. The molecular formula is C20H18N4O2S. The summed E-state index contributed by atoms with van der Waals surface area (Å²) in [5, 5.41) is 13.1. The minimum atomic E-state index is -0.121. The highest BCUT2D eigenvalue weighted by atomic mass is 32.2. The first-order valence-electron chi connectivity index (χ1n) is 8.63. The number of anilines is 1. The Kier molecular flexibility index (Phi) is 4.93. The molecule has 0 aliphatic carbocycles. The van der Waals surface area contributed by atoms with Gasteiger partial charge in [0.15, 0.2) is 10.8 Å². The van der Waals surface area contributed by atoms with Crippen molar-refractivity contribution in [2.24, 2.45) is 0 Å². The van der Waals surface area contributed by atoms with Crippen LogP contribution in [0.1, 0.15) is 6.92 Å². The van der Waals surface area contributed by atoms with Crippen LogP contribution in [0.4, 0.5) is 5.69 Å². The Labute approximate surface area is 160 Å². The summed E-state index contributed by atoms with van der Waals surface area (Å²) in [6, 6.07) is 19.4. The summed E-state index contributed by atoms with van der Waals surface area (Å²) in [5.41, 5.74) is 2.45. The molecule has 0 saturated heterocycles. The summed E-state index contributed by atoms with van der Waals surface area (Å²) >= 11 is 1.35. The molecule has 0 bridgehead atoms. The first-order chi connectivity index (χ1) is 13.3. The summed E-state index contributed by atoms with van der Waals surface area (Å²) in [6.45, 7) is 2.45. The average Bonchev–Trinajstić information content (AvgIpc) is 3.12. The van der Waals surface area contributed by atoms with Crippen molar-refractivity contribution in [2.75, 3.05) is 17.7 Å². The fourth-order valence-electron chi connectivity index (χ4n) is 2.87. The van der Waals surface area contributed by atoms with Crippen LogP contribution in [0, 0.1) is 0 Å². The third-order valence-corrected chi connectivity index (χ3v) is 4.97. The monoisotopic (exact) mass is 378 g/mol. The largest absolute Gasteiger partial charge is 0.492 e. The highest BCUT2D eigenvalue weighted by Gasteiger charge is 2.13. The Morgan fingerprint density at radius 3 is 2.78 bits per heavy atom. The van der Waals surface area contributed by atoms with Gasteiger partial charge in [-0.2, -0.15) is 0 Å². The molecule has 0 unspecified atom stereocenters. The maximum Gasteiger partial charge on any atom is 0.234 e. The predicted octanol–water partition coefficient (Wildman–Crippen LogP) is 4.01. The normalized spacial score (nSPS) is 11.0. The van der Waals surface area contributed by atoms with E-state index < -0.39 is 0 Å². The van der Waals surface area contributed by atoms with Gasteiger partial charge in [-0.3, -0.25) is 9.20 Å². The molecule has 0 aliphatic heterocycles. The van der Waals surface area contributed by atoms with Gasteiger partial charge in [-0.05, 0) is 42.6 Å². The lowest BCUT2D eigenvalue weighted by Crippen LogP contribution is -2.15. The van der Waals surface area contributed by atoms with Crippen LogP contribution in [0.5, 0.6) is 5.75 Å². The van der Waals surface area contributed by atoms with Crippen molar-refractivity contribution in [3.63, 3.8) is 0 Å². The molecule has 1 N–H and O–H groups in total. The number of thioether (sulfide) groups is 1. The molecule has 2 aromatic carbocycles. The fourth-order valence-corrected chi connectivity index (χ4v) is 3.63. The van der Waals surface area contributed by atoms with Gasteiger partial charge in [0.25, 0.3) is 0 Å². The third kappa shape index (κ3) is 3.59. The number of hydrogen-bond donors (Lipinski definition) is 1. The van der Waals surface area contributed by atoms with Gasteiger partial charge in [-0.1, -0.05) is 42.1 Å². The van der Waals surface area contributed by atoms with Crippen LogP contribution in [0.25, 0.3) is 16.6 Å². The summed E-state index contributed by atoms with van der Waals surface area (Å²) in [5.74, 6) is 0.770. The highest BCUT2D eigenvalue weighted by molar-refractivity contribution is 7.99. The predicted molar refractivity (Wildman–Crippen MR) is 107 cm³/mol. The molecule has 6 nitrogen and oxygen atoms in total. The Bertz CT molecular complexity index is 1110. The molecule has 0 spiro atoms. The molecule has 27 heavy (non-hydrogen) atoms. The van der Waals surface area contributed by atoms with Crippen molar-refractivity contribution in [2.45, 2.75) is 12.1 Å². The van der Waals surface area contributed by atoms with E-state index in [1.807, 2.05) is 72.0 Å². The number of aromatic nitrogens is 3. The number of para-hydroxylation sites is 3. The van der Waals surface area contributed by atoms with E-state index in [0.29, 0.717) is 23.2 Å². The second-order valence-corrected chi connectivity index (χ2v) is 6.78. The van der Waals surface area contributed by atoms with Crippen molar-refractivity contribution in [3.05, 3.63) is 60.7 Å². The number of carbonyl (C=O) groups excluding carboxylic acids is 1. The van der Waals surface area contributed by atoms with Crippen LogP contribution in [0.2, 0.25) is 0 Å². The molecule has 0 saturated carbocycles. The average molecular weight is 378 g/mol. The number of hydrogen-bond acceptors (Lipinski definition) is 5. The number of ether oxygens (including phenoxy) is 1. The standard InChI is InChI=1S/C20H18N4O2S/c1-2-26-17-10-6-4-8-15(17)21-19(25)13-27-20-23-22-18-12-11-14-7-3-5-9-16(14)24(18)20/h3-12H,2,13H2,1H3,(H,21,25). The summed E-state index contributed by atoms with van der Waals surface area (Å²) in [7, 11) is 0. The Balaban J connectivity index is 1.52. The van der Waals surface area contributed by atoms with E-state index in [0.717, 1.165) is 16.6 Å². The third-order valence-electron chi connectivity index (χ3n) is 4.04. The lowest BCUT2D eigenvalue weighted by Gasteiger charge is -2.11. The quantitative estimate of drug-likeness (QED) is 0.514. The number of carbonyl (C=O) groups is 1. The fraction of sp³-hybridized carbons (Fsp3) is 0.150. The van der Waals surface area contributed by atoms with Crippen LogP contribution in [0.3, 0.4) is 0 Å². The van der Waals surface area contributed by atoms with Crippen molar-refractivity contribution in [1.29, 1.82) is 0 Å². The van der Waals surface area contributed by atoms with Crippen LogP contribution >= 0.6 is 11.8 Å². The summed E-state index contributed by atoms with van der Waals surface area (Å²) in [4.78, 5) is 12.4. The molecule has 2 aromatic heterocycles. The van der Waals surface area contributed by atoms with Crippen molar-refractivity contribution < 1.29 is 9.53 Å². The van der Waals surface area contributed by atoms with Gasteiger partial charge in [0.2, 0.25) is 5.91 Å². The maximum absolute atomic E-state index is 12.4. The van der Waals surface area contributed by atoms with Gasteiger partial charge in [0.05, 0.1) is 23.6 Å². The summed E-state index contributed by atoms with van der Waals surface area (Å²) in [6.07, 6.45) is 0. The number of rotatable bonds is 6. The molecule has 2 heterocycles. The van der Waals surface area contributed by atoms with E-state index >= 15 is 0 Å². The van der Waals surface area contributed by atoms with Crippen molar-refractivity contribution in [1.82, 2.24) is 14.6 Å². The topological polar surface area (TPSA) is 68.5 Å². The van der Waals surface area contributed by atoms with E-state index in [4.69, 9.17) is 4.74 Å². The van der Waals surface area contributed by atoms with Gasteiger partial charge in [0.1, 0.15) is 5.75 Å². The Morgan fingerprint density at radius 1 is 1.07 bits per heavy atom. The van der Waals surface area contributed by atoms with E-state index in [-0.39, 0.29) is 11.7 Å². The zero-order valence-corrected chi connectivity index (χ0v) is 15.6. The molecule has 136 valence electrons. The lowest BCUT2D eigenvalue weighted by atomic mass is 10.2. The van der Waals surface area contributed by atoms with Gasteiger partial charge in [-0.25, -0.2) is 0 Å². The first kappa shape index (κ1) is 17.4. The minimum absolute atomic E-state index is 0.121. The molecule has 4 aromatic rings. The molecule has 7 heteroatoms. The first-order valence-corrected chi connectivity index (χ1v) is 9.62. The van der Waals surface area contributed by atoms with Gasteiger partial charge in [0, 0.05) is 0 Å². The van der Waals surface area contributed by atoms with Crippen LogP contribution < -0.4 is 10.1 Å². The second-order valence-electron chi connectivity index (χ2n) is 5.83. The maximum atomic E-state index is 12.4.